The summed E-state index contributed by atoms with van der Waals surface area (Å²) in [6.45, 7) is 4.08. The third-order valence-corrected chi connectivity index (χ3v) is 4.21. The predicted octanol–water partition coefficient (Wildman–Crippen LogP) is 4.57. The van der Waals surface area contributed by atoms with E-state index in [9.17, 15) is 4.79 Å². The largest absolute Gasteiger partial charge is 0.298 e. The summed E-state index contributed by atoms with van der Waals surface area (Å²) in [5.74, 6) is -0.170. The van der Waals surface area contributed by atoms with E-state index < -0.39 is 0 Å². The molecule has 0 saturated heterocycles. The molecule has 110 valence electrons. The van der Waals surface area contributed by atoms with Gasteiger partial charge in [-0.2, -0.15) is 0 Å². The van der Waals surface area contributed by atoms with Gasteiger partial charge < -0.3 is 0 Å². The molecule has 2 aromatic carbocycles. The Labute approximate surface area is 133 Å². The highest BCUT2D eigenvalue weighted by atomic mass is 32.1. The first-order valence-corrected chi connectivity index (χ1v) is 7.85. The molecule has 1 heterocycles. The van der Waals surface area contributed by atoms with Gasteiger partial charge in [0.15, 0.2) is 5.13 Å². The van der Waals surface area contributed by atoms with Crippen LogP contribution in [0.1, 0.15) is 16.7 Å². The number of anilines is 1. The van der Waals surface area contributed by atoms with Gasteiger partial charge in [0.1, 0.15) is 0 Å². The molecule has 0 atom stereocenters. The lowest BCUT2D eigenvalue weighted by atomic mass is 10.1. The van der Waals surface area contributed by atoms with E-state index in [0.717, 1.165) is 15.8 Å². The van der Waals surface area contributed by atoms with Gasteiger partial charge in [-0.15, -0.1) is 0 Å². The first-order chi connectivity index (χ1) is 10.6. The van der Waals surface area contributed by atoms with Crippen molar-refractivity contribution in [3.05, 3.63) is 65.2 Å². The molecule has 0 spiro atoms. The molecule has 0 radical (unpaired) electrons. The molecule has 0 fully saturated rings. The van der Waals surface area contributed by atoms with E-state index in [1.54, 1.807) is 6.08 Å². The molecule has 1 amide bonds. The van der Waals surface area contributed by atoms with Gasteiger partial charge in [0.05, 0.1) is 10.2 Å². The normalized spacial score (nSPS) is 11.2. The number of benzene rings is 2. The van der Waals surface area contributed by atoms with Crippen LogP contribution in [0.15, 0.2) is 48.5 Å². The number of amides is 1. The van der Waals surface area contributed by atoms with Gasteiger partial charge in [0, 0.05) is 6.08 Å². The Morgan fingerprint density at radius 2 is 1.82 bits per heavy atom. The molecule has 3 aromatic rings. The van der Waals surface area contributed by atoms with Crippen molar-refractivity contribution in [1.29, 1.82) is 0 Å². The van der Waals surface area contributed by atoms with Gasteiger partial charge in [-0.05, 0) is 43.2 Å². The summed E-state index contributed by atoms with van der Waals surface area (Å²) in [5, 5.41) is 3.44. The highest BCUT2D eigenvalue weighted by molar-refractivity contribution is 7.22. The van der Waals surface area contributed by atoms with E-state index >= 15 is 0 Å². The fourth-order valence-corrected chi connectivity index (χ4v) is 3.05. The zero-order valence-corrected chi connectivity index (χ0v) is 13.3. The maximum Gasteiger partial charge on any atom is 0.250 e. The van der Waals surface area contributed by atoms with E-state index in [4.69, 9.17) is 0 Å². The van der Waals surface area contributed by atoms with Crippen LogP contribution in [0.2, 0.25) is 0 Å². The van der Waals surface area contributed by atoms with Crippen LogP contribution < -0.4 is 5.32 Å². The molecule has 3 nitrogen and oxygen atoms in total. The van der Waals surface area contributed by atoms with Crippen LogP contribution in [0, 0.1) is 13.8 Å². The number of nitrogens with zero attached hydrogens (tertiary/aromatic N) is 1. The minimum Gasteiger partial charge on any atom is -0.298 e. The molecule has 22 heavy (non-hydrogen) atoms. The third-order valence-electron chi connectivity index (χ3n) is 3.28. The lowest BCUT2D eigenvalue weighted by Crippen LogP contribution is -2.07. The topological polar surface area (TPSA) is 42.0 Å². The molecule has 0 unspecified atom stereocenters. The molecule has 1 N–H and O–H groups in total. The molecule has 4 heteroatoms. The Morgan fingerprint density at radius 3 is 2.59 bits per heavy atom. The first-order valence-electron chi connectivity index (χ1n) is 7.03. The van der Waals surface area contributed by atoms with Crippen LogP contribution >= 0.6 is 11.3 Å². The molecule has 0 saturated carbocycles. The number of fused-ring (bicyclic) bond motifs is 1. The number of hydrogen-bond donors (Lipinski definition) is 1. The first kappa shape index (κ1) is 14.5. The Kier molecular flexibility index (Phi) is 4.02. The van der Waals surface area contributed by atoms with Crippen molar-refractivity contribution in [2.75, 3.05) is 5.32 Å². The number of carbonyl (C=O) groups excluding carboxylic acids is 1. The van der Waals surface area contributed by atoms with Crippen molar-refractivity contribution >= 4 is 38.7 Å². The van der Waals surface area contributed by atoms with Crippen LogP contribution in [0.25, 0.3) is 16.3 Å². The van der Waals surface area contributed by atoms with Crippen molar-refractivity contribution in [2.45, 2.75) is 13.8 Å². The van der Waals surface area contributed by atoms with Gasteiger partial charge in [-0.25, -0.2) is 4.98 Å². The van der Waals surface area contributed by atoms with Crippen molar-refractivity contribution in [2.24, 2.45) is 0 Å². The fourth-order valence-electron chi connectivity index (χ4n) is 2.08. The quantitative estimate of drug-likeness (QED) is 0.720. The van der Waals surface area contributed by atoms with Gasteiger partial charge in [0.25, 0.3) is 0 Å². The van der Waals surface area contributed by atoms with E-state index in [-0.39, 0.29) is 5.91 Å². The summed E-state index contributed by atoms with van der Waals surface area (Å²) in [6, 6.07) is 14.1. The second-order valence-electron chi connectivity index (χ2n) is 5.22. The summed E-state index contributed by atoms with van der Waals surface area (Å²) >= 11 is 1.49. The van der Waals surface area contributed by atoms with Crippen molar-refractivity contribution in [1.82, 2.24) is 4.98 Å². The summed E-state index contributed by atoms with van der Waals surface area (Å²) in [7, 11) is 0. The molecular formula is C18H16N2OS. The van der Waals surface area contributed by atoms with Crippen LogP contribution in [0.5, 0.6) is 0 Å². The number of nitrogens with one attached hydrogen (secondary N) is 1. The molecule has 0 bridgehead atoms. The van der Waals surface area contributed by atoms with Crippen LogP contribution in [0.3, 0.4) is 0 Å². The Bertz CT molecular complexity index is 847. The van der Waals surface area contributed by atoms with Crippen molar-refractivity contribution in [3.63, 3.8) is 0 Å². The number of aromatic nitrogens is 1. The van der Waals surface area contributed by atoms with E-state index in [2.05, 4.69) is 16.4 Å². The molecule has 0 aliphatic rings. The lowest BCUT2D eigenvalue weighted by molar-refractivity contribution is -0.111. The van der Waals surface area contributed by atoms with Gasteiger partial charge in [0.2, 0.25) is 5.91 Å². The number of carbonyl (C=O) groups is 1. The summed E-state index contributed by atoms with van der Waals surface area (Å²) in [6.07, 6.45) is 3.33. The zero-order chi connectivity index (χ0) is 15.5. The van der Waals surface area contributed by atoms with Crippen LogP contribution in [-0.2, 0) is 4.79 Å². The maximum atomic E-state index is 12.0. The Balaban J connectivity index is 1.71. The average molecular weight is 308 g/mol. The molecule has 0 aliphatic carbocycles. The highest BCUT2D eigenvalue weighted by Gasteiger charge is 2.05. The lowest BCUT2D eigenvalue weighted by Gasteiger charge is -1.96. The third kappa shape index (κ3) is 3.40. The molecule has 3 rings (SSSR count). The van der Waals surface area contributed by atoms with Gasteiger partial charge >= 0.3 is 0 Å². The number of thiazole rings is 1. The molecule has 1 aromatic heterocycles. The summed E-state index contributed by atoms with van der Waals surface area (Å²) in [4.78, 5) is 16.4. The smallest absolute Gasteiger partial charge is 0.250 e. The number of aryl methyl sites for hydroxylation is 2. The average Bonchev–Trinajstić information content (AvgIpc) is 2.88. The minimum absolute atomic E-state index is 0.170. The molecule has 0 aliphatic heterocycles. The highest BCUT2D eigenvalue weighted by Crippen LogP contribution is 2.26. The predicted molar refractivity (Wildman–Crippen MR) is 93.2 cm³/mol. The maximum absolute atomic E-state index is 12.0. The second-order valence-corrected chi connectivity index (χ2v) is 6.25. The standard InChI is InChI=1S/C18H16N2OS/c1-12-3-6-14(7-4-12)8-10-17(21)20-18-19-15-9-5-13(2)11-16(15)22-18/h3-11H,1-2H3,(H,19,20,21)/b10-8-. The van der Waals surface area contributed by atoms with E-state index in [0.29, 0.717) is 5.13 Å². The summed E-state index contributed by atoms with van der Waals surface area (Å²) < 4.78 is 1.08. The van der Waals surface area contributed by atoms with E-state index in [1.807, 2.05) is 50.2 Å². The monoisotopic (exact) mass is 308 g/mol. The molecular weight excluding hydrogens is 292 g/mol. The minimum atomic E-state index is -0.170. The van der Waals surface area contributed by atoms with Gasteiger partial charge in [-0.3, -0.25) is 10.1 Å². The Morgan fingerprint density at radius 1 is 1.09 bits per heavy atom. The fraction of sp³-hybridized carbons (Fsp3) is 0.111. The van der Waals surface area contributed by atoms with Crippen molar-refractivity contribution < 1.29 is 4.79 Å². The Hall–Kier alpha value is -2.46. The summed E-state index contributed by atoms with van der Waals surface area (Å²) in [5.41, 5.74) is 4.30. The zero-order valence-electron chi connectivity index (χ0n) is 12.5. The van der Waals surface area contributed by atoms with E-state index in [1.165, 1.54) is 28.5 Å². The SMILES string of the molecule is Cc1ccc(/C=C\C(=O)Nc2nc3ccc(C)cc3s2)cc1. The van der Waals surface area contributed by atoms with Crippen LogP contribution in [-0.4, -0.2) is 10.9 Å². The van der Waals surface area contributed by atoms with Crippen LogP contribution in [0.4, 0.5) is 5.13 Å². The second kappa shape index (κ2) is 6.12. The number of rotatable bonds is 3. The van der Waals surface area contributed by atoms with Gasteiger partial charge in [-0.1, -0.05) is 47.2 Å². The van der Waals surface area contributed by atoms with Crippen molar-refractivity contribution in [3.8, 4) is 0 Å². The number of hydrogen-bond acceptors (Lipinski definition) is 3.